The molecule has 0 radical (unpaired) electrons. The maximum atomic E-state index is 13.8. The number of ketones is 2. The molecule has 12 nitrogen and oxygen atoms in total. The van der Waals surface area contributed by atoms with Crippen LogP contribution in [0.25, 0.3) is 5.76 Å². The lowest BCUT2D eigenvalue weighted by atomic mass is 9.53. The zero-order valence-electron chi connectivity index (χ0n) is 18.4. The Kier molecular flexibility index (Phi) is 5.07. The van der Waals surface area contributed by atoms with Crippen LogP contribution < -0.4 is 5.73 Å². The molecule has 0 aromatic heterocycles. The van der Waals surface area contributed by atoms with Crippen molar-refractivity contribution in [3.05, 3.63) is 56.3 Å². The Hall–Kier alpha value is -3.77. The summed E-state index contributed by atoms with van der Waals surface area (Å²) in [4.78, 5) is 51.8. The van der Waals surface area contributed by atoms with Crippen molar-refractivity contribution in [2.24, 2.45) is 17.6 Å². The van der Waals surface area contributed by atoms with Crippen molar-refractivity contribution in [3.63, 3.8) is 0 Å². The number of phenols is 1. The van der Waals surface area contributed by atoms with Crippen molar-refractivity contribution < 1.29 is 39.7 Å². The fourth-order valence-electron chi connectivity index (χ4n) is 5.84. The lowest BCUT2D eigenvalue weighted by Crippen LogP contribution is -2.71. The lowest BCUT2D eigenvalue weighted by molar-refractivity contribution is -0.547. The van der Waals surface area contributed by atoms with Crippen LogP contribution in [0.15, 0.2) is 35.1 Å². The number of hydrogen-bond donors (Lipinski definition) is 5. The van der Waals surface area contributed by atoms with E-state index in [0.29, 0.717) is 5.56 Å². The zero-order valence-corrected chi connectivity index (χ0v) is 18.4. The van der Waals surface area contributed by atoms with E-state index < -0.39 is 86.2 Å². The van der Waals surface area contributed by atoms with E-state index in [9.17, 15) is 44.9 Å². The molecule has 1 saturated carbocycles. The van der Waals surface area contributed by atoms with Gasteiger partial charge in [-0.3, -0.25) is 29.4 Å². The van der Waals surface area contributed by atoms with Crippen molar-refractivity contribution in [1.29, 1.82) is 0 Å². The Bertz CT molecular complexity index is 1230. The summed E-state index contributed by atoms with van der Waals surface area (Å²) >= 11 is 0. The van der Waals surface area contributed by atoms with Crippen LogP contribution >= 0.6 is 0 Å². The minimum Gasteiger partial charge on any atom is -0.508 e. The average molecular weight is 473 g/mol. The van der Waals surface area contributed by atoms with E-state index in [2.05, 4.69) is 0 Å². The van der Waals surface area contributed by atoms with E-state index in [-0.39, 0.29) is 5.56 Å². The van der Waals surface area contributed by atoms with Gasteiger partial charge in [-0.1, -0.05) is 19.1 Å². The van der Waals surface area contributed by atoms with Gasteiger partial charge in [0.25, 0.3) is 5.91 Å². The molecule has 0 heterocycles. The molecule has 1 fully saturated rings. The van der Waals surface area contributed by atoms with Gasteiger partial charge in [0.1, 0.15) is 22.8 Å². The maximum absolute atomic E-state index is 13.8. The first-order chi connectivity index (χ1) is 15.8. The molecule has 3 aliphatic carbocycles. The molecule has 34 heavy (non-hydrogen) atoms. The molecule has 1 aromatic carbocycles. The monoisotopic (exact) mass is 473 g/mol. The van der Waals surface area contributed by atoms with Crippen LogP contribution in [0.3, 0.4) is 0 Å². The number of carbonyl (C=O) groups is 3. The van der Waals surface area contributed by atoms with Gasteiger partial charge in [-0.2, -0.15) is 0 Å². The molecule has 0 aliphatic heterocycles. The number of nitrogens with zero attached hydrogens (tertiary/aromatic N) is 2. The van der Waals surface area contributed by atoms with Crippen molar-refractivity contribution in [1.82, 2.24) is 4.90 Å². The first-order valence-corrected chi connectivity index (χ1v) is 10.4. The number of rotatable bonds is 3. The van der Waals surface area contributed by atoms with E-state index in [0.717, 1.165) is 0 Å². The second-order valence-electron chi connectivity index (χ2n) is 9.08. The second kappa shape index (κ2) is 7.37. The molecular formula is C22H23N3O9. The van der Waals surface area contributed by atoms with E-state index in [1.54, 1.807) is 6.92 Å². The molecule has 4 rings (SSSR count). The zero-order chi connectivity index (χ0) is 25.4. The number of aliphatic hydroxyl groups is 3. The van der Waals surface area contributed by atoms with Crippen LogP contribution in [0.5, 0.6) is 5.75 Å². The number of hydrogen-bond acceptors (Lipinski definition) is 10. The summed E-state index contributed by atoms with van der Waals surface area (Å²) in [5.74, 6) is -10.3. The van der Waals surface area contributed by atoms with Crippen LogP contribution in [0.2, 0.25) is 0 Å². The lowest BCUT2D eigenvalue weighted by Gasteiger charge is -2.51. The molecule has 3 aliphatic rings. The van der Waals surface area contributed by atoms with Crippen molar-refractivity contribution >= 4 is 23.2 Å². The van der Waals surface area contributed by atoms with Gasteiger partial charge in [-0.15, -0.1) is 0 Å². The highest BCUT2D eigenvalue weighted by atomic mass is 16.6. The van der Waals surface area contributed by atoms with Gasteiger partial charge < -0.3 is 26.2 Å². The number of fused-ring (bicyclic) bond motifs is 3. The minimum atomic E-state index is -3.10. The highest BCUT2D eigenvalue weighted by Crippen LogP contribution is 2.56. The molecule has 6 N–H and O–H groups in total. The smallest absolute Gasteiger partial charge is 0.255 e. The number of carbonyl (C=O) groups excluding carboxylic acids is 3. The van der Waals surface area contributed by atoms with Crippen molar-refractivity contribution in [3.8, 4) is 5.75 Å². The first-order valence-electron chi connectivity index (χ1n) is 10.4. The first kappa shape index (κ1) is 23.4. The number of aliphatic hydroxyl groups excluding tert-OH is 2. The Balaban J connectivity index is 2.14. The Morgan fingerprint density at radius 1 is 1.21 bits per heavy atom. The summed E-state index contributed by atoms with van der Waals surface area (Å²) in [6, 6.07) is 0.850. The fourth-order valence-corrected chi connectivity index (χ4v) is 5.84. The van der Waals surface area contributed by atoms with Gasteiger partial charge >= 0.3 is 0 Å². The third-order valence-electron chi connectivity index (χ3n) is 7.24. The number of nitrogens with two attached hydrogens (primary N) is 1. The highest BCUT2D eigenvalue weighted by molar-refractivity contribution is 6.24. The molecule has 0 spiro atoms. The predicted octanol–water partition coefficient (Wildman–Crippen LogP) is -0.220. The third-order valence-corrected chi connectivity index (χ3v) is 7.24. The highest BCUT2D eigenvalue weighted by Gasteiger charge is 2.72. The van der Waals surface area contributed by atoms with Crippen molar-refractivity contribution in [2.45, 2.75) is 30.5 Å². The van der Waals surface area contributed by atoms with Crippen LogP contribution in [0, 0.1) is 22.0 Å². The third kappa shape index (κ3) is 2.69. The molecule has 180 valence electrons. The number of nitro groups is 1. The molecule has 0 unspecified atom stereocenters. The summed E-state index contributed by atoms with van der Waals surface area (Å²) < 4.78 is 0. The molecule has 6 atom stereocenters. The van der Waals surface area contributed by atoms with Crippen molar-refractivity contribution in [2.75, 3.05) is 14.1 Å². The number of phenolic OH excluding ortho intramolecular Hbond substituents is 1. The standard InChI is InChI=1S/C22H23N3O9/c1-7-8-5-4-6-9(26)11(8)17(27)12-10(7)15(25(33)34)14-16(24(2)3)18(28)13(21(23)31)20(30)22(14,32)19(12)29/h4-7,10,14-16,26-27,30,32H,1-3H3,(H2,23,31)/t7-,10+,14-,15-,16-,22-/m0/s1. The van der Waals surface area contributed by atoms with E-state index in [1.165, 1.54) is 37.2 Å². The molecule has 1 aromatic rings. The largest absolute Gasteiger partial charge is 0.508 e. The van der Waals surface area contributed by atoms with Gasteiger partial charge in [-0.05, 0) is 31.6 Å². The molecule has 0 saturated heterocycles. The van der Waals surface area contributed by atoms with Gasteiger partial charge in [0.2, 0.25) is 11.8 Å². The number of amides is 1. The minimum absolute atomic E-state index is 0.131. The van der Waals surface area contributed by atoms with E-state index >= 15 is 0 Å². The Morgan fingerprint density at radius 3 is 2.35 bits per heavy atom. The van der Waals surface area contributed by atoms with Gasteiger partial charge in [0.05, 0.1) is 29.0 Å². The molecule has 12 heteroatoms. The number of likely N-dealkylation sites (N-methyl/N-ethyl adjacent to an activating group) is 1. The van der Waals surface area contributed by atoms with Crippen LogP contribution in [0.4, 0.5) is 0 Å². The summed E-state index contributed by atoms with van der Waals surface area (Å²) in [7, 11) is 2.73. The van der Waals surface area contributed by atoms with Crippen LogP contribution in [-0.2, 0) is 14.4 Å². The van der Waals surface area contributed by atoms with E-state index in [1.807, 2.05) is 0 Å². The van der Waals surface area contributed by atoms with Gasteiger partial charge in [0, 0.05) is 4.92 Å². The number of primary amides is 1. The second-order valence-corrected chi connectivity index (χ2v) is 9.08. The summed E-state index contributed by atoms with van der Waals surface area (Å²) in [6.45, 7) is 1.56. The normalized spacial score (nSPS) is 32.9. The summed E-state index contributed by atoms with van der Waals surface area (Å²) in [5.41, 5.74) is 0.721. The summed E-state index contributed by atoms with van der Waals surface area (Å²) in [6.07, 6.45) is 0. The molecular weight excluding hydrogens is 450 g/mol. The number of Topliss-reactive ketones (excluding diaryl/α,β-unsaturated/α-hetero) is 2. The topological polar surface area (TPSA) is 205 Å². The number of aromatic hydroxyl groups is 1. The van der Waals surface area contributed by atoms with Gasteiger partial charge in [0.15, 0.2) is 11.4 Å². The van der Waals surface area contributed by atoms with E-state index in [4.69, 9.17) is 5.73 Å². The summed E-state index contributed by atoms with van der Waals surface area (Å²) in [5, 5.41) is 56.2. The Labute approximate surface area is 192 Å². The fraction of sp³-hybridized carbons (Fsp3) is 0.409. The maximum Gasteiger partial charge on any atom is 0.255 e. The van der Waals surface area contributed by atoms with Crippen LogP contribution in [0.1, 0.15) is 24.0 Å². The Morgan fingerprint density at radius 2 is 1.82 bits per heavy atom. The number of benzene rings is 1. The molecule has 0 bridgehead atoms. The molecule has 1 amide bonds. The van der Waals surface area contributed by atoms with Crippen LogP contribution in [-0.4, -0.2) is 79.5 Å². The SMILES string of the molecule is C[C@H]1c2cccc(O)c2C(O)=C2C(=O)[C@]3(O)C(O)=C(C(N)=O)C(=O)[C@@H](N(C)C)[C@@H]3[C@@H]([N+](=O)[O-])[C@@H]21. The van der Waals surface area contributed by atoms with Gasteiger partial charge in [-0.25, -0.2) is 0 Å². The quantitative estimate of drug-likeness (QED) is 0.222. The predicted molar refractivity (Wildman–Crippen MR) is 115 cm³/mol. The average Bonchev–Trinajstić information content (AvgIpc) is 2.73.